The molecule has 1 saturated carbocycles. The maximum atomic E-state index is 11.0. The second-order valence-corrected chi connectivity index (χ2v) is 5.19. The molecule has 3 aliphatic rings. The molecule has 0 aromatic heterocycles. The largest absolute Gasteiger partial charge is 1.00 e. The number of rotatable bonds is 2. The van der Waals surface area contributed by atoms with E-state index >= 15 is 0 Å². The summed E-state index contributed by atoms with van der Waals surface area (Å²) >= 11 is 0. The van der Waals surface area contributed by atoms with E-state index in [1.807, 2.05) is 18.8 Å². The molecule has 0 radical (unpaired) electrons. The number of nitrogens with zero attached hydrogens (tertiary/aromatic N) is 2. The first-order chi connectivity index (χ1) is 9.24. The second kappa shape index (κ2) is 6.33. The van der Waals surface area contributed by atoms with Crippen LogP contribution in [0.1, 0.15) is 32.6 Å². The van der Waals surface area contributed by atoms with Gasteiger partial charge in [0.05, 0.1) is 12.4 Å². The van der Waals surface area contributed by atoms with E-state index in [-0.39, 0.29) is 24.5 Å². The molecule has 108 valence electrons. The highest BCUT2D eigenvalue weighted by atomic mass is 35.5. The Balaban J connectivity index is 0.00000147. The maximum absolute atomic E-state index is 11.0. The van der Waals surface area contributed by atoms with E-state index in [4.69, 9.17) is 4.74 Å². The van der Waals surface area contributed by atoms with Gasteiger partial charge in [-0.2, -0.15) is 0 Å². The van der Waals surface area contributed by atoms with Crippen molar-refractivity contribution in [1.29, 1.82) is 0 Å². The van der Waals surface area contributed by atoms with Gasteiger partial charge in [0.15, 0.2) is 12.0 Å². The minimum atomic E-state index is -0.176. The molecule has 1 fully saturated rings. The summed E-state index contributed by atoms with van der Waals surface area (Å²) in [7, 11) is 0. The number of esters is 1. The smallest absolute Gasteiger partial charge is 0.302 e. The highest BCUT2D eigenvalue weighted by Gasteiger charge is 2.32. The van der Waals surface area contributed by atoms with Crippen molar-refractivity contribution in [2.75, 3.05) is 0 Å². The van der Waals surface area contributed by atoms with Gasteiger partial charge in [0, 0.05) is 12.8 Å². The molecule has 0 bridgehead atoms. The minimum absolute atomic E-state index is 0. The van der Waals surface area contributed by atoms with Gasteiger partial charge in [0.2, 0.25) is 0 Å². The van der Waals surface area contributed by atoms with Crippen molar-refractivity contribution in [1.82, 2.24) is 0 Å². The van der Waals surface area contributed by atoms with Crippen LogP contribution in [0.2, 0.25) is 0 Å². The zero-order valence-corrected chi connectivity index (χ0v) is 12.1. The van der Waals surface area contributed by atoms with E-state index in [2.05, 4.69) is 9.98 Å². The topological polar surface area (TPSA) is 55.5 Å². The van der Waals surface area contributed by atoms with Crippen LogP contribution >= 0.6 is 0 Å². The van der Waals surface area contributed by atoms with Crippen LogP contribution in [-0.4, -0.2) is 24.6 Å². The summed E-state index contributed by atoms with van der Waals surface area (Å²) in [6.07, 6.45) is 11.6. The molecule has 1 N–H and O–H groups in total. The molecule has 5 nitrogen and oxygen atoms in total. The second-order valence-electron chi connectivity index (χ2n) is 5.19. The first-order valence-electron chi connectivity index (χ1n) is 6.76. The number of allylic oxidation sites excluding steroid dienone is 2. The third kappa shape index (κ3) is 2.99. The lowest BCUT2D eigenvalue weighted by atomic mass is 9.84. The Morgan fingerprint density at radius 2 is 2.10 bits per heavy atom. The zero-order chi connectivity index (χ0) is 13.2. The summed E-state index contributed by atoms with van der Waals surface area (Å²) in [4.78, 5) is 20.9. The normalized spacial score (nSPS) is 30.9. The van der Waals surface area contributed by atoms with Crippen LogP contribution in [0.3, 0.4) is 0 Å². The van der Waals surface area contributed by atoms with E-state index in [9.17, 15) is 4.79 Å². The Hall–Kier alpha value is -1.46. The van der Waals surface area contributed by atoms with Gasteiger partial charge in [-0.1, -0.05) is 0 Å². The van der Waals surface area contributed by atoms with Crippen molar-refractivity contribution >= 4 is 18.5 Å². The van der Waals surface area contributed by atoms with Crippen molar-refractivity contribution in [3.8, 4) is 0 Å². The summed E-state index contributed by atoms with van der Waals surface area (Å²) in [5.74, 6) is 0.290. The van der Waals surface area contributed by atoms with Crippen LogP contribution in [0.5, 0.6) is 0 Å². The Morgan fingerprint density at radius 1 is 1.35 bits per heavy atom. The molecule has 1 aliphatic carbocycles. The average molecular weight is 296 g/mol. The van der Waals surface area contributed by atoms with Crippen LogP contribution in [0.25, 0.3) is 0 Å². The van der Waals surface area contributed by atoms with Crippen LogP contribution in [-0.2, 0) is 9.53 Å². The fourth-order valence-corrected chi connectivity index (χ4v) is 2.95. The van der Waals surface area contributed by atoms with Crippen molar-refractivity contribution in [2.45, 2.75) is 38.7 Å². The lowest BCUT2D eigenvalue weighted by molar-refractivity contribution is -0.682. The molecule has 1 atom stereocenters. The number of carbonyl (C=O) groups is 1. The molecule has 2 heterocycles. The number of quaternary nitrogens is 1. The molecule has 0 spiro atoms. The zero-order valence-electron chi connectivity index (χ0n) is 11.4. The molecule has 1 unspecified atom stereocenters. The molecular formula is C14H18ClN3O2. The molecule has 0 aromatic carbocycles. The molecule has 0 amide bonds. The molecule has 3 rings (SSSR count). The van der Waals surface area contributed by atoms with Gasteiger partial charge in [-0.3, -0.25) is 9.79 Å². The Morgan fingerprint density at radius 3 is 2.80 bits per heavy atom. The van der Waals surface area contributed by atoms with E-state index in [1.165, 1.54) is 12.6 Å². The molecule has 20 heavy (non-hydrogen) atoms. The Bertz CT molecular complexity index is 503. The summed E-state index contributed by atoms with van der Waals surface area (Å²) in [5.41, 5.74) is 2.32. The highest BCUT2D eigenvalue weighted by molar-refractivity contribution is 5.81. The first-order valence-corrected chi connectivity index (χ1v) is 6.76. The molecule has 2 aliphatic heterocycles. The van der Waals surface area contributed by atoms with Gasteiger partial charge in [-0.15, -0.1) is 0 Å². The van der Waals surface area contributed by atoms with Gasteiger partial charge in [0.25, 0.3) is 0 Å². The predicted molar refractivity (Wildman–Crippen MR) is 71.6 cm³/mol. The molecule has 0 saturated heterocycles. The van der Waals surface area contributed by atoms with E-state index in [1.54, 1.807) is 6.20 Å². The van der Waals surface area contributed by atoms with E-state index in [0.717, 1.165) is 36.3 Å². The third-order valence-corrected chi connectivity index (χ3v) is 3.87. The molecular weight excluding hydrogens is 278 g/mol. The summed E-state index contributed by atoms with van der Waals surface area (Å²) in [5, 5.41) is 0. The maximum Gasteiger partial charge on any atom is 0.302 e. The number of hydrogen-bond donors (Lipinski definition) is 1. The average Bonchev–Trinajstić information content (AvgIpc) is 2.83. The van der Waals surface area contributed by atoms with Crippen LogP contribution in [0.15, 0.2) is 33.8 Å². The third-order valence-electron chi connectivity index (χ3n) is 3.87. The minimum Gasteiger partial charge on any atom is -1.00 e. The number of halogens is 1. The summed E-state index contributed by atoms with van der Waals surface area (Å²) in [6, 6.07) is 0. The monoisotopic (exact) mass is 295 g/mol. The highest BCUT2D eigenvalue weighted by Crippen LogP contribution is 2.33. The Labute approximate surface area is 124 Å². The van der Waals surface area contributed by atoms with Crippen molar-refractivity contribution in [2.24, 2.45) is 15.9 Å². The van der Waals surface area contributed by atoms with Crippen molar-refractivity contribution in [3.63, 3.8) is 0 Å². The van der Waals surface area contributed by atoms with Gasteiger partial charge >= 0.3 is 5.97 Å². The molecule has 6 heteroatoms. The number of nitrogens with one attached hydrogen (secondary N) is 1. The SMILES string of the molecule is CC(=O)OC1CCC(C2=C3C=NC=C[NH+]3C=N2)CC1.[Cl-]. The van der Waals surface area contributed by atoms with Gasteiger partial charge in [-0.05, 0) is 25.7 Å². The quantitative estimate of drug-likeness (QED) is 0.588. The van der Waals surface area contributed by atoms with Crippen LogP contribution in [0.4, 0.5) is 0 Å². The predicted octanol–water partition coefficient (Wildman–Crippen LogP) is -2.19. The van der Waals surface area contributed by atoms with Gasteiger partial charge < -0.3 is 17.1 Å². The number of aliphatic imine (C=N–C) groups is 2. The van der Waals surface area contributed by atoms with Crippen molar-refractivity contribution < 1.29 is 26.8 Å². The fourth-order valence-electron chi connectivity index (χ4n) is 2.95. The summed E-state index contributed by atoms with van der Waals surface area (Å²) in [6.45, 7) is 1.48. The van der Waals surface area contributed by atoms with E-state index in [0.29, 0.717) is 5.92 Å². The lowest BCUT2D eigenvalue weighted by Crippen LogP contribution is -3.04. The number of ether oxygens (including phenoxy) is 1. The molecule has 0 aromatic rings. The van der Waals surface area contributed by atoms with E-state index < -0.39 is 0 Å². The fraction of sp³-hybridized carbons (Fsp3) is 0.500. The number of fused-ring (bicyclic) bond motifs is 1. The number of carbonyl (C=O) groups excluding carboxylic acids is 1. The standard InChI is InChI=1S/C14H17N3O2.ClH/c1-10(18)19-12-4-2-11(3-5-12)14-13-8-15-6-7-17(13)9-16-14;/h6-9,11-12H,2-5H2,1H3;1H. The Kier molecular flexibility index (Phi) is 4.73. The van der Waals surface area contributed by atoms with Gasteiger partial charge in [0.1, 0.15) is 18.0 Å². The number of hydrogen-bond acceptors (Lipinski definition) is 4. The van der Waals surface area contributed by atoms with Crippen LogP contribution in [0, 0.1) is 5.92 Å². The van der Waals surface area contributed by atoms with Crippen molar-refractivity contribution in [3.05, 3.63) is 23.8 Å². The summed E-state index contributed by atoms with van der Waals surface area (Å²) < 4.78 is 5.27. The van der Waals surface area contributed by atoms with Crippen LogP contribution < -0.4 is 17.3 Å². The van der Waals surface area contributed by atoms with Gasteiger partial charge in [-0.25, -0.2) is 9.89 Å². The first kappa shape index (κ1) is 14.9. The lowest BCUT2D eigenvalue weighted by Gasteiger charge is -2.27.